The van der Waals surface area contributed by atoms with Crippen molar-refractivity contribution < 1.29 is 18.3 Å². The van der Waals surface area contributed by atoms with Gasteiger partial charge in [0.1, 0.15) is 5.03 Å². The van der Waals surface area contributed by atoms with Crippen LogP contribution in [-0.4, -0.2) is 36.0 Å². The molecule has 0 spiro atoms. The molecule has 0 radical (unpaired) electrons. The predicted octanol–water partition coefficient (Wildman–Crippen LogP) is 3.81. The van der Waals surface area contributed by atoms with E-state index in [2.05, 4.69) is 15.2 Å². The molecule has 0 saturated heterocycles. The van der Waals surface area contributed by atoms with E-state index < -0.39 is 17.6 Å². The number of hydrogen-bond donors (Lipinski definition) is 1. The molecule has 0 atom stereocenters. The molecule has 5 nitrogen and oxygen atoms in total. The number of alkyl halides is 3. The van der Waals surface area contributed by atoms with Crippen LogP contribution in [0.4, 0.5) is 13.2 Å². The second-order valence-electron chi connectivity index (χ2n) is 5.83. The van der Waals surface area contributed by atoms with E-state index in [0.29, 0.717) is 5.52 Å². The highest BCUT2D eigenvalue weighted by Gasteiger charge is 2.38. The zero-order valence-corrected chi connectivity index (χ0v) is 14.2. The van der Waals surface area contributed by atoms with Crippen molar-refractivity contribution >= 4 is 40.0 Å². The minimum absolute atomic E-state index is 0.0219. The van der Waals surface area contributed by atoms with Crippen LogP contribution in [0.25, 0.3) is 16.7 Å². The number of thioether (sulfide) groups is 1. The van der Waals surface area contributed by atoms with Crippen LogP contribution in [0.1, 0.15) is 19.7 Å². The van der Waals surface area contributed by atoms with Crippen LogP contribution in [0.3, 0.4) is 0 Å². The summed E-state index contributed by atoms with van der Waals surface area (Å²) >= 11 is 7.03. The highest BCUT2D eigenvalue weighted by molar-refractivity contribution is 7.99. The van der Waals surface area contributed by atoms with Gasteiger partial charge in [-0.15, -0.1) is 10.2 Å². The van der Waals surface area contributed by atoms with Crippen LogP contribution >= 0.6 is 23.4 Å². The molecule has 10 heteroatoms. The monoisotopic (exact) mass is 376 g/mol. The van der Waals surface area contributed by atoms with Gasteiger partial charge in [-0.3, -0.25) is 4.40 Å². The maximum absolute atomic E-state index is 13.3. The highest BCUT2D eigenvalue weighted by Crippen LogP contribution is 2.34. The Balaban J connectivity index is 2.30. The van der Waals surface area contributed by atoms with Crippen LogP contribution in [0.2, 0.25) is 5.02 Å². The van der Waals surface area contributed by atoms with Gasteiger partial charge in [0.25, 0.3) is 0 Å². The molecule has 24 heavy (non-hydrogen) atoms. The zero-order valence-electron chi connectivity index (χ0n) is 12.6. The fourth-order valence-corrected chi connectivity index (χ4v) is 3.19. The first-order valence-corrected chi connectivity index (χ1v) is 8.19. The van der Waals surface area contributed by atoms with Gasteiger partial charge in [0.2, 0.25) is 5.82 Å². The second-order valence-corrected chi connectivity index (χ2v) is 7.23. The lowest BCUT2D eigenvalue weighted by Gasteiger charge is -2.16. The van der Waals surface area contributed by atoms with E-state index >= 15 is 0 Å². The molecule has 2 aromatic heterocycles. The molecular formula is C14H12ClF3N4OS. The van der Waals surface area contributed by atoms with Crippen LogP contribution in [0, 0.1) is 0 Å². The Hall–Kier alpha value is -1.58. The fraction of sp³-hybridized carbons (Fsp3) is 0.357. The Kier molecular flexibility index (Phi) is 4.13. The average molecular weight is 377 g/mol. The molecule has 3 rings (SSSR count). The third-order valence-corrected chi connectivity index (χ3v) is 4.70. The topological polar surface area (TPSA) is 63.3 Å². The van der Waals surface area contributed by atoms with Crippen molar-refractivity contribution in [3.8, 4) is 0 Å². The maximum Gasteiger partial charge on any atom is 0.452 e. The summed E-state index contributed by atoms with van der Waals surface area (Å²) in [5, 5.41) is 17.3. The first-order chi connectivity index (χ1) is 11.1. The molecule has 0 aliphatic rings. The molecule has 0 aliphatic heterocycles. The average Bonchev–Trinajstić information content (AvgIpc) is 2.89. The molecule has 0 bridgehead atoms. The van der Waals surface area contributed by atoms with Gasteiger partial charge in [-0.1, -0.05) is 23.4 Å². The van der Waals surface area contributed by atoms with Crippen LogP contribution in [0.5, 0.6) is 0 Å². The summed E-state index contributed by atoms with van der Waals surface area (Å²) in [5.74, 6) is -0.902. The first-order valence-electron chi connectivity index (χ1n) is 6.83. The molecular weight excluding hydrogens is 365 g/mol. The van der Waals surface area contributed by atoms with E-state index in [4.69, 9.17) is 11.6 Å². The van der Waals surface area contributed by atoms with Gasteiger partial charge >= 0.3 is 6.18 Å². The lowest BCUT2D eigenvalue weighted by atomic mass is 10.2. The second kappa shape index (κ2) is 5.75. The van der Waals surface area contributed by atoms with Crippen LogP contribution < -0.4 is 0 Å². The van der Waals surface area contributed by atoms with E-state index in [-0.39, 0.29) is 27.0 Å². The molecule has 2 heterocycles. The molecule has 1 N–H and O–H groups in total. The molecule has 0 fully saturated rings. The maximum atomic E-state index is 13.3. The van der Waals surface area contributed by atoms with Crippen molar-refractivity contribution in [1.82, 2.24) is 19.6 Å². The standard InChI is InChI=1S/C14H12ClF3N4OS/c1-13(2,23)6-24-11-10-20-21-12(14(16,17)18)22(10)9-5-7(15)3-4-8(9)19-11/h3-5,23H,6H2,1-2H3. The summed E-state index contributed by atoms with van der Waals surface area (Å²) in [4.78, 5) is 4.35. The SMILES string of the molecule is CC(C)(O)CSc1nc2ccc(Cl)cc2n2c(C(F)(F)F)nnc12. The Bertz CT molecular complexity index is 920. The predicted molar refractivity (Wildman–Crippen MR) is 85.3 cm³/mol. The largest absolute Gasteiger partial charge is 0.452 e. The van der Waals surface area contributed by atoms with Gasteiger partial charge in [0, 0.05) is 10.8 Å². The quantitative estimate of drug-likeness (QED) is 0.704. The molecule has 1 aromatic carbocycles. The Morgan fingerprint density at radius 3 is 2.58 bits per heavy atom. The normalized spacial score (nSPS) is 13.1. The van der Waals surface area contributed by atoms with Crippen molar-refractivity contribution in [2.45, 2.75) is 30.7 Å². The number of hydrogen-bond acceptors (Lipinski definition) is 5. The van der Waals surface area contributed by atoms with Crippen molar-refractivity contribution in [3.05, 3.63) is 29.0 Å². The Labute approximate surface area is 143 Å². The third kappa shape index (κ3) is 3.28. The number of aromatic nitrogens is 4. The summed E-state index contributed by atoms with van der Waals surface area (Å²) in [6.07, 6.45) is -4.67. The molecule has 3 aromatic rings. The van der Waals surface area contributed by atoms with Crippen molar-refractivity contribution in [3.63, 3.8) is 0 Å². The number of aliphatic hydroxyl groups is 1. The van der Waals surface area contributed by atoms with Gasteiger partial charge in [0.05, 0.1) is 16.6 Å². The molecule has 128 valence electrons. The number of nitrogens with zero attached hydrogens (tertiary/aromatic N) is 4. The lowest BCUT2D eigenvalue weighted by Crippen LogP contribution is -2.21. The third-order valence-electron chi connectivity index (χ3n) is 3.07. The number of fused-ring (bicyclic) bond motifs is 3. The van der Waals surface area contributed by atoms with Crippen molar-refractivity contribution in [2.24, 2.45) is 0 Å². The fourth-order valence-electron chi connectivity index (χ4n) is 2.11. The van der Waals surface area contributed by atoms with Crippen molar-refractivity contribution in [2.75, 3.05) is 5.75 Å². The summed E-state index contributed by atoms with van der Waals surface area (Å²) in [6.45, 7) is 3.20. The van der Waals surface area contributed by atoms with E-state index in [1.807, 2.05) is 0 Å². The van der Waals surface area contributed by atoms with Gasteiger partial charge in [-0.2, -0.15) is 13.2 Å². The molecule has 0 unspecified atom stereocenters. The minimum Gasteiger partial charge on any atom is -0.390 e. The summed E-state index contributed by atoms with van der Waals surface area (Å²) < 4.78 is 40.7. The zero-order chi connectivity index (χ0) is 17.7. The first kappa shape index (κ1) is 17.2. The Morgan fingerprint density at radius 2 is 1.96 bits per heavy atom. The van der Waals surface area contributed by atoms with E-state index in [1.54, 1.807) is 19.9 Å². The van der Waals surface area contributed by atoms with Gasteiger partial charge in [-0.25, -0.2) is 4.98 Å². The van der Waals surface area contributed by atoms with E-state index in [9.17, 15) is 18.3 Å². The van der Waals surface area contributed by atoms with Gasteiger partial charge in [0.15, 0.2) is 5.65 Å². The van der Waals surface area contributed by atoms with E-state index in [1.165, 1.54) is 12.1 Å². The number of rotatable bonds is 3. The summed E-state index contributed by atoms with van der Waals surface area (Å²) in [6, 6.07) is 4.47. The van der Waals surface area contributed by atoms with E-state index in [0.717, 1.165) is 16.2 Å². The van der Waals surface area contributed by atoms with Gasteiger partial charge in [-0.05, 0) is 32.0 Å². The smallest absolute Gasteiger partial charge is 0.390 e. The van der Waals surface area contributed by atoms with Gasteiger partial charge < -0.3 is 5.11 Å². The number of halogens is 4. The highest BCUT2D eigenvalue weighted by atomic mass is 35.5. The van der Waals surface area contributed by atoms with Crippen molar-refractivity contribution in [1.29, 1.82) is 0 Å². The van der Waals surface area contributed by atoms with Crippen LogP contribution in [0.15, 0.2) is 23.2 Å². The number of benzene rings is 1. The lowest BCUT2D eigenvalue weighted by molar-refractivity contribution is -0.145. The summed E-state index contributed by atoms with van der Waals surface area (Å²) in [7, 11) is 0. The molecule has 0 aliphatic carbocycles. The minimum atomic E-state index is -4.67. The molecule has 0 saturated carbocycles. The van der Waals surface area contributed by atoms with Crippen LogP contribution in [-0.2, 0) is 6.18 Å². The Morgan fingerprint density at radius 1 is 1.25 bits per heavy atom. The molecule has 0 amide bonds. The summed E-state index contributed by atoms with van der Waals surface area (Å²) in [5.41, 5.74) is -0.533.